The summed E-state index contributed by atoms with van der Waals surface area (Å²) in [5.74, 6) is -2.19. The molecule has 0 bridgehead atoms. The maximum Gasteiger partial charge on any atom is 0.330 e. The Balaban J connectivity index is 1.48. The van der Waals surface area contributed by atoms with Crippen LogP contribution >= 0.6 is 23.1 Å². The number of rotatable bonds is 7. The van der Waals surface area contributed by atoms with Crippen LogP contribution in [0, 0.1) is 6.92 Å². The summed E-state index contributed by atoms with van der Waals surface area (Å²) in [6.45, 7) is 1.57. The lowest BCUT2D eigenvalue weighted by molar-refractivity contribution is -0.160. The van der Waals surface area contributed by atoms with Gasteiger partial charge in [-0.3, -0.25) is 13.8 Å². The van der Waals surface area contributed by atoms with Crippen LogP contribution in [-0.2, 0) is 31.7 Å². The Bertz CT molecular complexity index is 1050. The van der Waals surface area contributed by atoms with E-state index in [1.807, 2.05) is 0 Å². The summed E-state index contributed by atoms with van der Waals surface area (Å²) in [7, 11) is -1.68. The molecule has 2 aromatic rings. The first kappa shape index (κ1) is 20.5. The van der Waals surface area contributed by atoms with E-state index in [2.05, 4.69) is 31.0 Å². The molecule has 1 saturated heterocycles. The van der Waals surface area contributed by atoms with Crippen LogP contribution in [0.4, 0.5) is 0 Å². The summed E-state index contributed by atoms with van der Waals surface area (Å²) in [5.41, 5.74) is 0.335. The Morgan fingerprint density at radius 2 is 2.20 bits per heavy atom. The second-order valence-corrected chi connectivity index (χ2v) is 10.1. The molecule has 2 N–H and O–H groups in total. The highest BCUT2D eigenvalue weighted by molar-refractivity contribution is 8.01. The molecule has 2 amide bonds. The number of carboxylic acid groups (broad SMARTS) is 1. The van der Waals surface area contributed by atoms with Crippen molar-refractivity contribution in [3.05, 3.63) is 22.3 Å². The third kappa shape index (κ3) is 3.84. The molecule has 0 saturated carbocycles. The van der Waals surface area contributed by atoms with Gasteiger partial charge in [-0.25, -0.2) is 9.48 Å². The van der Waals surface area contributed by atoms with E-state index in [0.717, 1.165) is 9.91 Å². The molecule has 1 fully saturated rings. The largest absolute Gasteiger partial charge is 0.479 e. The summed E-state index contributed by atoms with van der Waals surface area (Å²) >= 11 is 2.62. The van der Waals surface area contributed by atoms with Crippen LogP contribution in [0.15, 0.2) is 21.6 Å². The minimum absolute atomic E-state index is 0.199. The minimum Gasteiger partial charge on any atom is -0.479 e. The molecule has 2 aliphatic rings. The summed E-state index contributed by atoms with van der Waals surface area (Å²) in [6, 6.07) is -2.33. The van der Waals surface area contributed by atoms with Gasteiger partial charge in [0.1, 0.15) is 29.3 Å². The highest BCUT2D eigenvalue weighted by Crippen LogP contribution is 2.36. The highest BCUT2D eigenvalue weighted by atomic mass is 32.2. The van der Waals surface area contributed by atoms with E-state index >= 15 is 0 Å². The lowest BCUT2D eigenvalue weighted by atomic mass is 9.99. The zero-order chi connectivity index (χ0) is 21.4. The lowest BCUT2D eigenvalue weighted by Gasteiger charge is -2.51. The van der Waals surface area contributed by atoms with Gasteiger partial charge in [0, 0.05) is 11.2 Å². The van der Waals surface area contributed by atoms with E-state index in [0.29, 0.717) is 9.91 Å². The number of carbonyl (C=O) groups is 3. The van der Waals surface area contributed by atoms with Gasteiger partial charge in [0.05, 0.1) is 10.8 Å². The van der Waals surface area contributed by atoms with Gasteiger partial charge in [0.2, 0.25) is 11.8 Å². The number of fused-ring (bicyclic) bond motifs is 1. The van der Waals surface area contributed by atoms with Gasteiger partial charge in [-0.15, -0.1) is 15.3 Å². The van der Waals surface area contributed by atoms with E-state index in [1.165, 1.54) is 39.5 Å². The Morgan fingerprint density at radius 1 is 1.40 bits per heavy atom. The topological polar surface area (TPSA) is 173 Å². The van der Waals surface area contributed by atoms with E-state index < -0.39 is 46.0 Å². The van der Waals surface area contributed by atoms with Crippen LogP contribution in [0.25, 0.3) is 0 Å². The number of amides is 2. The van der Waals surface area contributed by atoms with Gasteiger partial charge in [-0.05, 0) is 22.9 Å². The second kappa shape index (κ2) is 8.19. The van der Waals surface area contributed by atoms with Gasteiger partial charge < -0.3 is 15.3 Å². The molecular weight excluding hydrogens is 456 g/mol. The first-order valence-corrected chi connectivity index (χ1v) is 11.5. The predicted molar refractivity (Wildman–Crippen MR) is 103 cm³/mol. The Labute approximate surface area is 179 Å². The van der Waals surface area contributed by atoms with Gasteiger partial charge in [-0.2, -0.15) is 0 Å². The Hall–Kier alpha value is -2.72. The molecule has 0 radical (unpaired) electrons. The van der Waals surface area contributed by atoms with Crippen molar-refractivity contribution in [3.63, 3.8) is 0 Å². The number of thioether (sulfide) groups is 1. The van der Waals surface area contributed by atoms with Gasteiger partial charge >= 0.3 is 5.97 Å². The highest BCUT2D eigenvalue weighted by Gasteiger charge is 2.58. The van der Waals surface area contributed by atoms with E-state index in [-0.39, 0.29) is 12.3 Å². The molecule has 0 aromatic carbocycles. The molecule has 2 aromatic heterocycles. The predicted octanol–water partition coefficient (Wildman–Crippen LogP) is -1.62. The van der Waals surface area contributed by atoms with Crippen molar-refractivity contribution in [1.82, 2.24) is 40.6 Å². The number of aromatic nitrogens is 6. The third-order valence-corrected chi connectivity index (χ3v) is 7.89. The zero-order valence-electron chi connectivity index (χ0n) is 15.2. The fraction of sp³-hybridized carbons (Fsp3) is 0.429. The zero-order valence-corrected chi connectivity index (χ0v) is 17.7. The van der Waals surface area contributed by atoms with Crippen molar-refractivity contribution >= 4 is 51.7 Å². The maximum absolute atomic E-state index is 12.7. The number of nitrogens with one attached hydrogen (secondary N) is 1. The lowest BCUT2D eigenvalue weighted by Crippen LogP contribution is -2.76. The van der Waals surface area contributed by atoms with Gasteiger partial charge in [0.25, 0.3) is 0 Å². The summed E-state index contributed by atoms with van der Waals surface area (Å²) < 4.78 is 14.5. The van der Waals surface area contributed by atoms with Crippen LogP contribution in [0.5, 0.6) is 0 Å². The number of carbonyl (C=O) groups excluding carboxylic acids is 2. The molecule has 158 valence electrons. The molecule has 4 heterocycles. The Morgan fingerprint density at radius 3 is 2.83 bits per heavy atom. The average molecular weight is 471 g/mol. The maximum atomic E-state index is 12.7. The number of aryl methyl sites for hydroxylation is 1. The molecule has 4 atom stereocenters. The van der Waals surface area contributed by atoms with Crippen molar-refractivity contribution in [1.29, 1.82) is 0 Å². The minimum atomic E-state index is -1.68. The smallest absolute Gasteiger partial charge is 0.330 e. The van der Waals surface area contributed by atoms with Gasteiger partial charge in [0.15, 0.2) is 10.4 Å². The number of carboxylic acids is 1. The fourth-order valence-electron chi connectivity index (χ4n) is 3.09. The summed E-state index contributed by atoms with van der Waals surface area (Å²) in [6.07, 6.45) is 1.24. The van der Waals surface area contributed by atoms with Crippen molar-refractivity contribution in [2.24, 2.45) is 0 Å². The molecule has 4 rings (SSSR count). The van der Waals surface area contributed by atoms with E-state index in [1.54, 1.807) is 6.92 Å². The molecule has 16 heteroatoms. The van der Waals surface area contributed by atoms with Crippen molar-refractivity contribution in [2.75, 3.05) is 5.75 Å². The number of β-lactam (4-membered cyclic amide) rings is 1. The summed E-state index contributed by atoms with van der Waals surface area (Å²) in [4.78, 5) is 37.7. The van der Waals surface area contributed by atoms with Crippen LogP contribution in [0.1, 0.15) is 5.01 Å². The standard InChI is InChI=1S/C14H14N8O5S3/c1-6-17-18-14(29-6)28-3-7-4-30(27)12-9(11(24)22(12)10(7)13(25)26)16-8(23)2-21-5-15-19-20-21/h4-5,9-10,12H,2-3H2,1H3,(H,16,23)(H,25,26)/t9-,10?,12-,30?/m1/s1. The summed E-state index contributed by atoms with van der Waals surface area (Å²) in [5, 5.41) is 31.6. The normalized spacial score (nSPS) is 25.3. The molecule has 0 spiro atoms. The van der Waals surface area contributed by atoms with Crippen LogP contribution in [0.3, 0.4) is 0 Å². The molecule has 0 aliphatic carbocycles. The number of tetrazole rings is 1. The average Bonchev–Trinajstić information content (AvgIpc) is 3.35. The molecule has 30 heavy (non-hydrogen) atoms. The molecule has 2 unspecified atom stereocenters. The van der Waals surface area contributed by atoms with Crippen molar-refractivity contribution in [3.8, 4) is 0 Å². The second-order valence-electron chi connectivity index (χ2n) is 6.33. The first-order chi connectivity index (χ1) is 14.3. The van der Waals surface area contributed by atoms with E-state index in [9.17, 15) is 23.7 Å². The van der Waals surface area contributed by atoms with Gasteiger partial charge in [-0.1, -0.05) is 23.1 Å². The Kier molecular flexibility index (Phi) is 5.61. The first-order valence-electron chi connectivity index (χ1n) is 8.43. The number of nitrogens with zero attached hydrogens (tertiary/aromatic N) is 7. The number of hydrogen-bond acceptors (Lipinski definition) is 11. The number of hydrogen-bond donors (Lipinski definition) is 2. The molecule has 2 aliphatic heterocycles. The number of aliphatic carboxylic acids is 1. The SMILES string of the molecule is Cc1nnc(SCC2=CS(=O)[C@@H]3[C@H](NC(=O)Cn4cnnn4)C(=O)N3C2C(=O)O)s1. The quantitative estimate of drug-likeness (QED) is 0.351. The molecule has 13 nitrogen and oxygen atoms in total. The third-order valence-electron chi connectivity index (χ3n) is 4.33. The fourth-order valence-corrected chi connectivity index (χ4v) is 6.57. The van der Waals surface area contributed by atoms with Crippen LogP contribution in [-0.4, -0.2) is 85.6 Å². The van der Waals surface area contributed by atoms with Crippen molar-refractivity contribution in [2.45, 2.75) is 35.3 Å². The van der Waals surface area contributed by atoms with Crippen LogP contribution in [0.2, 0.25) is 0 Å². The van der Waals surface area contributed by atoms with E-state index in [4.69, 9.17) is 0 Å². The van der Waals surface area contributed by atoms with Crippen molar-refractivity contribution < 1.29 is 23.7 Å². The molecular formula is C14H14N8O5S3. The van der Waals surface area contributed by atoms with Crippen LogP contribution < -0.4 is 5.32 Å². The monoisotopic (exact) mass is 470 g/mol.